The Kier molecular flexibility index (Phi) is 4.11. The Labute approximate surface area is 112 Å². The summed E-state index contributed by atoms with van der Waals surface area (Å²) in [5.41, 5.74) is 0.0278. The molecule has 6 nitrogen and oxygen atoms in total. The van der Waals surface area contributed by atoms with Crippen LogP contribution in [0, 0.1) is 10.1 Å². The summed E-state index contributed by atoms with van der Waals surface area (Å²) < 4.78 is 0.811. The summed E-state index contributed by atoms with van der Waals surface area (Å²) in [6.45, 7) is 2.57. The highest BCUT2D eigenvalue weighted by Gasteiger charge is 2.12. The first-order valence-corrected chi connectivity index (χ1v) is 6.86. The fraction of sp³-hybridized carbons (Fsp3) is 0.200. The second-order valence-corrected chi connectivity index (χ2v) is 5.40. The zero-order valence-corrected chi connectivity index (χ0v) is 11.1. The predicted octanol–water partition coefficient (Wildman–Crippen LogP) is 3.03. The van der Waals surface area contributed by atoms with E-state index >= 15 is 0 Å². The molecule has 0 aliphatic carbocycles. The third-order valence-electron chi connectivity index (χ3n) is 1.96. The number of hydrogen-bond acceptors (Lipinski definition) is 7. The summed E-state index contributed by atoms with van der Waals surface area (Å²) in [4.78, 5) is 18.8. The first-order valence-electron chi connectivity index (χ1n) is 5.16. The van der Waals surface area contributed by atoms with Crippen molar-refractivity contribution in [1.29, 1.82) is 0 Å². The highest BCUT2D eigenvalue weighted by Crippen LogP contribution is 2.31. The van der Waals surface area contributed by atoms with Gasteiger partial charge in [-0.3, -0.25) is 10.1 Å². The van der Waals surface area contributed by atoms with Gasteiger partial charge in [0.1, 0.15) is 10.8 Å². The van der Waals surface area contributed by atoms with Gasteiger partial charge in [-0.2, -0.15) is 0 Å². The standard InChI is InChI=1S/C10H10N4O2S2/c1-2-11-8-5-7(14(15)16)6-9(13-8)18-10-12-3-4-17-10/h3-6H,2H2,1H3,(H,11,13). The second kappa shape index (κ2) is 5.78. The molecule has 0 saturated heterocycles. The van der Waals surface area contributed by atoms with E-state index in [1.807, 2.05) is 12.3 Å². The molecule has 0 aromatic carbocycles. The van der Waals surface area contributed by atoms with E-state index in [2.05, 4.69) is 15.3 Å². The lowest BCUT2D eigenvalue weighted by molar-refractivity contribution is -0.385. The molecular formula is C10H10N4O2S2. The van der Waals surface area contributed by atoms with Gasteiger partial charge in [-0.1, -0.05) is 0 Å². The Hall–Kier alpha value is -1.67. The molecule has 2 rings (SSSR count). The van der Waals surface area contributed by atoms with E-state index < -0.39 is 4.92 Å². The van der Waals surface area contributed by atoms with Crippen molar-refractivity contribution in [3.05, 3.63) is 33.8 Å². The topological polar surface area (TPSA) is 81.0 Å². The van der Waals surface area contributed by atoms with Crippen LogP contribution < -0.4 is 5.32 Å². The van der Waals surface area contributed by atoms with Gasteiger partial charge in [0.2, 0.25) is 0 Å². The SMILES string of the molecule is CCNc1cc([N+](=O)[O-])cc(Sc2nccs2)n1. The van der Waals surface area contributed by atoms with Crippen molar-refractivity contribution in [2.75, 3.05) is 11.9 Å². The van der Waals surface area contributed by atoms with E-state index in [4.69, 9.17) is 0 Å². The maximum absolute atomic E-state index is 10.8. The van der Waals surface area contributed by atoms with Crippen molar-refractivity contribution in [3.63, 3.8) is 0 Å². The average Bonchev–Trinajstić information content (AvgIpc) is 2.82. The molecular weight excluding hydrogens is 272 g/mol. The number of pyridine rings is 1. The van der Waals surface area contributed by atoms with Crippen LogP contribution in [0.1, 0.15) is 6.92 Å². The molecule has 0 saturated carbocycles. The minimum Gasteiger partial charge on any atom is -0.370 e. The number of thiazole rings is 1. The molecule has 94 valence electrons. The lowest BCUT2D eigenvalue weighted by atomic mass is 10.4. The smallest absolute Gasteiger partial charge is 0.275 e. The highest BCUT2D eigenvalue weighted by atomic mass is 32.2. The number of nitrogens with zero attached hydrogens (tertiary/aromatic N) is 3. The summed E-state index contributed by atoms with van der Waals surface area (Å²) in [7, 11) is 0. The summed E-state index contributed by atoms with van der Waals surface area (Å²) >= 11 is 2.79. The summed E-state index contributed by atoms with van der Waals surface area (Å²) in [6.07, 6.45) is 1.69. The van der Waals surface area contributed by atoms with Gasteiger partial charge in [-0.15, -0.1) is 11.3 Å². The third kappa shape index (κ3) is 3.17. The molecule has 0 fully saturated rings. The van der Waals surface area contributed by atoms with E-state index in [0.29, 0.717) is 17.4 Å². The van der Waals surface area contributed by atoms with Crippen LogP contribution in [0.4, 0.5) is 11.5 Å². The molecule has 0 atom stereocenters. The van der Waals surface area contributed by atoms with Crippen molar-refractivity contribution >= 4 is 34.6 Å². The van der Waals surface area contributed by atoms with E-state index in [9.17, 15) is 10.1 Å². The minimum atomic E-state index is -0.422. The van der Waals surface area contributed by atoms with Gasteiger partial charge >= 0.3 is 0 Å². The van der Waals surface area contributed by atoms with Crippen molar-refractivity contribution < 1.29 is 4.92 Å². The molecule has 0 unspecified atom stereocenters. The zero-order valence-electron chi connectivity index (χ0n) is 9.49. The molecule has 0 aliphatic heterocycles. The van der Waals surface area contributed by atoms with Crippen LogP contribution in [0.2, 0.25) is 0 Å². The van der Waals surface area contributed by atoms with E-state index in [1.54, 1.807) is 6.20 Å². The first kappa shape index (κ1) is 12.8. The van der Waals surface area contributed by atoms with Crippen LogP contribution in [0.5, 0.6) is 0 Å². The number of hydrogen-bond donors (Lipinski definition) is 1. The first-order chi connectivity index (χ1) is 8.69. The number of nitro groups is 1. The zero-order chi connectivity index (χ0) is 13.0. The molecule has 2 heterocycles. The molecule has 0 aliphatic rings. The fourth-order valence-electron chi connectivity index (χ4n) is 1.27. The Bertz CT molecular complexity index is 545. The van der Waals surface area contributed by atoms with E-state index in [0.717, 1.165) is 4.34 Å². The van der Waals surface area contributed by atoms with Gasteiger partial charge in [0, 0.05) is 24.2 Å². The van der Waals surface area contributed by atoms with Gasteiger partial charge in [0.05, 0.1) is 11.0 Å². The lowest BCUT2D eigenvalue weighted by Crippen LogP contribution is -2.01. The molecule has 0 bridgehead atoms. The number of aromatic nitrogens is 2. The Morgan fingerprint density at radius 3 is 3.00 bits per heavy atom. The highest BCUT2D eigenvalue weighted by molar-refractivity contribution is 8.01. The van der Waals surface area contributed by atoms with Crippen molar-refractivity contribution in [3.8, 4) is 0 Å². The molecule has 0 amide bonds. The molecule has 18 heavy (non-hydrogen) atoms. The van der Waals surface area contributed by atoms with Crippen LogP contribution in [0.3, 0.4) is 0 Å². The van der Waals surface area contributed by atoms with Crippen LogP contribution in [-0.4, -0.2) is 21.4 Å². The maximum Gasteiger partial charge on any atom is 0.275 e. The number of rotatable bonds is 5. The minimum absolute atomic E-state index is 0.0278. The van der Waals surface area contributed by atoms with Crippen LogP contribution in [0.25, 0.3) is 0 Å². The molecule has 0 spiro atoms. The maximum atomic E-state index is 10.8. The number of nitrogens with one attached hydrogen (secondary N) is 1. The normalized spacial score (nSPS) is 10.3. The van der Waals surface area contributed by atoms with Crippen LogP contribution >= 0.6 is 23.1 Å². The second-order valence-electron chi connectivity index (χ2n) is 3.24. The van der Waals surface area contributed by atoms with Crippen molar-refractivity contribution in [2.45, 2.75) is 16.3 Å². The van der Waals surface area contributed by atoms with Gasteiger partial charge in [-0.05, 0) is 18.7 Å². The predicted molar refractivity (Wildman–Crippen MR) is 71.3 cm³/mol. The summed E-state index contributed by atoms with van der Waals surface area (Å²) in [6, 6.07) is 2.88. The lowest BCUT2D eigenvalue weighted by Gasteiger charge is -2.04. The quantitative estimate of drug-likeness (QED) is 0.670. The van der Waals surface area contributed by atoms with Crippen molar-refractivity contribution in [1.82, 2.24) is 9.97 Å². The summed E-state index contributed by atoms with van der Waals surface area (Å²) in [5.74, 6) is 0.505. The Morgan fingerprint density at radius 2 is 2.39 bits per heavy atom. The van der Waals surface area contributed by atoms with Gasteiger partial charge in [0.15, 0.2) is 4.34 Å². The molecule has 2 aromatic rings. The van der Waals surface area contributed by atoms with Gasteiger partial charge in [-0.25, -0.2) is 9.97 Å². The molecule has 8 heteroatoms. The van der Waals surface area contributed by atoms with E-state index in [-0.39, 0.29) is 5.69 Å². The largest absolute Gasteiger partial charge is 0.370 e. The van der Waals surface area contributed by atoms with Gasteiger partial charge < -0.3 is 5.32 Å². The molecule has 0 radical (unpaired) electrons. The van der Waals surface area contributed by atoms with Crippen LogP contribution in [-0.2, 0) is 0 Å². The van der Waals surface area contributed by atoms with Gasteiger partial charge in [0.25, 0.3) is 5.69 Å². The molecule has 1 N–H and O–H groups in total. The van der Waals surface area contributed by atoms with Crippen LogP contribution in [0.15, 0.2) is 33.1 Å². The average molecular weight is 282 g/mol. The number of anilines is 1. The van der Waals surface area contributed by atoms with E-state index in [1.165, 1.54) is 35.2 Å². The molecule has 2 aromatic heterocycles. The Balaban J connectivity index is 2.30. The third-order valence-corrected chi connectivity index (χ3v) is 3.76. The summed E-state index contributed by atoms with van der Waals surface area (Å²) in [5, 5.41) is 16.2. The van der Waals surface area contributed by atoms with Crippen molar-refractivity contribution in [2.24, 2.45) is 0 Å². The monoisotopic (exact) mass is 282 g/mol. The Morgan fingerprint density at radius 1 is 1.56 bits per heavy atom. The fourth-order valence-corrected chi connectivity index (χ4v) is 2.86.